The van der Waals surface area contributed by atoms with Gasteiger partial charge < -0.3 is 9.64 Å². The lowest BCUT2D eigenvalue weighted by atomic mass is 9.77. The zero-order valence-electron chi connectivity index (χ0n) is 20.2. The quantitative estimate of drug-likeness (QED) is 0.553. The monoisotopic (exact) mass is 495 g/mol. The highest BCUT2D eigenvalue weighted by molar-refractivity contribution is 6.30. The summed E-state index contributed by atoms with van der Waals surface area (Å²) in [4.78, 5) is 16.8. The fraction of sp³-hybridized carbons (Fsp3) is 0.520. The normalized spacial score (nSPS) is 24.6. The molecule has 0 radical (unpaired) electrons. The fourth-order valence-electron chi connectivity index (χ4n) is 5.84. The Morgan fingerprint density at radius 3 is 2.97 bits per heavy atom. The van der Waals surface area contributed by atoms with Crippen LogP contribution in [0.5, 0.6) is 0 Å². The molecular formula is C25H30ClN7O2. The fourth-order valence-corrected chi connectivity index (χ4v) is 6.02. The van der Waals surface area contributed by atoms with E-state index in [2.05, 4.69) is 39.4 Å². The smallest absolute Gasteiger partial charge is 0.272 e. The van der Waals surface area contributed by atoms with Gasteiger partial charge >= 0.3 is 0 Å². The number of nitrogens with zero attached hydrogens (tertiary/aromatic N) is 7. The number of likely N-dealkylation sites (N-methyl/N-ethyl adjacent to an activating group) is 1. The Kier molecular flexibility index (Phi) is 5.66. The van der Waals surface area contributed by atoms with E-state index >= 15 is 0 Å². The number of rotatable bonds is 4. The number of halogens is 1. The molecule has 3 aromatic rings. The van der Waals surface area contributed by atoms with Crippen LogP contribution in [0.15, 0.2) is 30.6 Å². The molecule has 1 saturated heterocycles. The lowest BCUT2D eigenvalue weighted by molar-refractivity contribution is -0.113. The van der Waals surface area contributed by atoms with Crippen LogP contribution in [0.1, 0.15) is 52.6 Å². The van der Waals surface area contributed by atoms with E-state index in [4.69, 9.17) is 16.3 Å². The highest BCUT2D eigenvalue weighted by Gasteiger charge is 2.43. The van der Waals surface area contributed by atoms with Crippen LogP contribution in [0.3, 0.4) is 0 Å². The molecule has 3 aliphatic rings. The average molecular weight is 496 g/mol. The number of fused-ring (bicyclic) bond motifs is 3. The molecule has 3 aliphatic heterocycles. The summed E-state index contributed by atoms with van der Waals surface area (Å²) in [6.45, 7) is 6.53. The Labute approximate surface area is 209 Å². The molecule has 1 fully saturated rings. The molecule has 5 heterocycles. The third-order valence-corrected chi connectivity index (χ3v) is 7.99. The van der Waals surface area contributed by atoms with Crippen LogP contribution in [0, 0.1) is 0 Å². The molecule has 10 heteroatoms. The van der Waals surface area contributed by atoms with Crippen molar-refractivity contribution in [2.45, 2.75) is 57.5 Å². The number of benzene rings is 1. The topological polar surface area (TPSA) is 81.3 Å². The van der Waals surface area contributed by atoms with Crippen LogP contribution in [0.4, 0.5) is 0 Å². The molecule has 0 N–H and O–H groups in total. The molecule has 0 bridgehead atoms. The lowest BCUT2D eigenvalue weighted by Gasteiger charge is -2.48. The van der Waals surface area contributed by atoms with Gasteiger partial charge in [0.25, 0.3) is 5.91 Å². The number of carbonyl (C=O) groups is 1. The van der Waals surface area contributed by atoms with Crippen molar-refractivity contribution in [3.05, 3.63) is 63.7 Å². The second-order valence-corrected chi connectivity index (χ2v) is 10.5. The van der Waals surface area contributed by atoms with Gasteiger partial charge in [-0.1, -0.05) is 22.9 Å². The van der Waals surface area contributed by atoms with Crippen LogP contribution in [0.2, 0.25) is 5.02 Å². The minimum absolute atomic E-state index is 0.00736. The zero-order valence-corrected chi connectivity index (χ0v) is 20.9. The van der Waals surface area contributed by atoms with E-state index in [0.717, 1.165) is 61.8 Å². The number of likely N-dealkylation sites (tertiary alicyclic amines) is 1. The van der Waals surface area contributed by atoms with Crippen molar-refractivity contribution in [1.82, 2.24) is 34.6 Å². The molecule has 0 saturated carbocycles. The van der Waals surface area contributed by atoms with Gasteiger partial charge in [0.05, 0.1) is 43.4 Å². The van der Waals surface area contributed by atoms with Gasteiger partial charge in [-0.2, -0.15) is 5.10 Å². The SMILES string of the molecule is C[C@H]1C[C@@]2(CCN1Cc1cn(Cc3cnn4c3C(=O)N(C)CC4)nn1)OCCc1ccc(Cl)cc12. The lowest BCUT2D eigenvalue weighted by Crippen LogP contribution is -2.50. The van der Waals surface area contributed by atoms with Gasteiger partial charge in [-0.3, -0.25) is 14.4 Å². The third kappa shape index (κ3) is 4.05. The van der Waals surface area contributed by atoms with Crippen LogP contribution in [-0.4, -0.2) is 73.3 Å². The number of hydrogen-bond acceptors (Lipinski definition) is 6. The van der Waals surface area contributed by atoms with Crippen molar-refractivity contribution < 1.29 is 9.53 Å². The van der Waals surface area contributed by atoms with Crippen molar-refractivity contribution in [3.8, 4) is 0 Å². The molecule has 0 unspecified atom stereocenters. The standard InChI is InChI=1S/C25H30ClN7O2/c1-17-12-25(22-11-20(26)4-3-18(22)5-10-35-25)6-7-31(17)15-21-16-32(29-28-21)14-19-13-27-33-9-8-30(2)24(34)23(19)33/h3-4,11,13,16-17H,5-10,12,14-15H2,1-2H3/t17-,25+/m0/s1. The highest BCUT2D eigenvalue weighted by atomic mass is 35.5. The maximum Gasteiger partial charge on any atom is 0.272 e. The first-order valence-electron chi connectivity index (χ1n) is 12.3. The predicted octanol–water partition coefficient (Wildman–Crippen LogP) is 2.71. The molecule has 1 aromatic carbocycles. The van der Waals surface area contributed by atoms with Gasteiger partial charge in [-0.05, 0) is 49.4 Å². The molecule has 1 spiro atoms. The number of amides is 1. The first-order chi connectivity index (χ1) is 16.9. The van der Waals surface area contributed by atoms with E-state index < -0.39 is 0 Å². The molecular weight excluding hydrogens is 466 g/mol. The van der Waals surface area contributed by atoms with E-state index in [-0.39, 0.29) is 11.5 Å². The van der Waals surface area contributed by atoms with Crippen molar-refractivity contribution in [2.24, 2.45) is 0 Å². The molecule has 6 rings (SSSR count). The number of aromatic nitrogens is 5. The molecule has 2 aromatic heterocycles. The Morgan fingerprint density at radius 2 is 2.11 bits per heavy atom. The first-order valence-corrected chi connectivity index (χ1v) is 12.7. The van der Waals surface area contributed by atoms with Crippen LogP contribution in [0.25, 0.3) is 0 Å². The van der Waals surface area contributed by atoms with E-state index in [1.165, 1.54) is 11.1 Å². The van der Waals surface area contributed by atoms with E-state index in [1.54, 1.807) is 20.5 Å². The van der Waals surface area contributed by atoms with Gasteiger partial charge in [-0.15, -0.1) is 5.10 Å². The number of hydrogen-bond donors (Lipinski definition) is 0. The number of piperidine rings is 1. The summed E-state index contributed by atoms with van der Waals surface area (Å²) < 4.78 is 10.0. The van der Waals surface area contributed by atoms with Crippen LogP contribution < -0.4 is 0 Å². The summed E-state index contributed by atoms with van der Waals surface area (Å²) in [5, 5.41) is 13.9. The summed E-state index contributed by atoms with van der Waals surface area (Å²) in [6, 6.07) is 6.56. The average Bonchev–Trinajstić information content (AvgIpc) is 3.46. The number of ether oxygens (including phenoxy) is 1. The highest BCUT2D eigenvalue weighted by Crippen LogP contribution is 2.44. The molecule has 0 aliphatic carbocycles. The van der Waals surface area contributed by atoms with Gasteiger partial charge in [0, 0.05) is 43.3 Å². The predicted molar refractivity (Wildman–Crippen MR) is 130 cm³/mol. The Morgan fingerprint density at radius 1 is 1.23 bits per heavy atom. The van der Waals surface area contributed by atoms with Crippen molar-refractivity contribution >= 4 is 17.5 Å². The molecule has 184 valence electrons. The maximum absolute atomic E-state index is 12.6. The zero-order chi connectivity index (χ0) is 24.2. The minimum atomic E-state index is -0.257. The van der Waals surface area contributed by atoms with Gasteiger partial charge in [-0.25, -0.2) is 4.68 Å². The summed E-state index contributed by atoms with van der Waals surface area (Å²) >= 11 is 6.35. The molecule has 35 heavy (non-hydrogen) atoms. The van der Waals surface area contributed by atoms with Crippen molar-refractivity contribution in [3.63, 3.8) is 0 Å². The molecule has 1 amide bonds. The van der Waals surface area contributed by atoms with Crippen LogP contribution in [-0.2, 0) is 36.4 Å². The minimum Gasteiger partial charge on any atom is -0.370 e. The summed E-state index contributed by atoms with van der Waals surface area (Å²) in [6.07, 6.45) is 6.54. The summed E-state index contributed by atoms with van der Waals surface area (Å²) in [5.74, 6) is 0.00736. The Bertz CT molecular complexity index is 1270. The van der Waals surface area contributed by atoms with E-state index in [1.807, 2.05) is 19.3 Å². The summed E-state index contributed by atoms with van der Waals surface area (Å²) in [5.41, 5.74) is 4.81. The van der Waals surface area contributed by atoms with Crippen molar-refractivity contribution in [2.75, 3.05) is 26.7 Å². The van der Waals surface area contributed by atoms with E-state index in [9.17, 15) is 4.79 Å². The first kappa shape index (κ1) is 22.7. The molecule has 2 atom stereocenters. The van der Waals surface area contributed by atoms with E-state index in [0.29, 0.717) is 24.8 Å². The summed E-state index contributed by atoms with van der Waals surface area (Å²) in [7, 11) is 1.83. The second-order valence-electron chi connectivity index (χ2n) is 10.0. The van der Waals surface area contributed by atoms with Gasteiger partial charge in [0.2, 0.25) is 0 Å². The third-order valence-electron chi connectivity index (χ3n) is 7.76. The second kappa shape index (κ2) is 8.72. The largest absolute Gasteiger partial charge is 0.370 e. The maximum atomic E-state index is 12.6. The Hall–Kier alpha value is -2.75. The van der Waals surface area contributed by atoms with Crippen molar-refractivity contribution in [1.29, 1.82) is 0 Å². The van der Waals surface area contributed by atoms with Gasteiger partial charge in [0.1, 0.15) is 5.69 Å². The molecule has 9 nitrogen and oxygen atoms in total. The number of carbonyl (C=O) groups excluding carboxylic acids is 1. The Balaban J connectivity index is 1.14. The van der Waals surface area contributed by atoms with Crippen LogP contribution >= 0.6 is 11.6 Å². The van der Waals surface area contributed by atoms with Gasteiger partial charge in [0.15, 0.2) is 0 Å².